The Bertz CT molecular complexity index is 503. The van der Waals surface area contributed by atoms with Crippen LogP contribution in [0.5, 0.6) is 0 Å². The summed E-state index contributed by atoms with van der Waals surface area (Å²) in [5.41, 5.74) is 0.735. The van der Waals surface area contributed by atoms with Gasteiger partial charge in [-0.15, -0.1) is 0 Å². The molecule has 0 bridgehead atoms. The van der Waals surface area contributed by atoms with Crippen LogP contribution in [0.4, 0.5) is 0 Å². The molecule has 1 aromatic rings. The van der Waals surface area contributed by atoms with Crippen molar-refractivity contribution in [1.82, 2.24) is 0 Å². The van der Waals surface area contributed by atoms with Gasteiger partial charge in [0.05, 0.1) is 17.7 Å². The number of benzene rings is 1. The molecule has 0 aliphatic rings. The van der Waals surface area contributed by atoms with Gasteiger partial charge in [0.15, 0.2) is 0 Å². The first-order valence-electron chi connectivity index (χ1n) is 6.38. The van der Waals surface area contributed by atoms with Crippen LogP contribution in [0.2, 0.25) is 0 Å². The van der Waals surface area contributed by atoms with E-state index in [0.717, 1.165) is 5.56 Å². The van der Waals surface area contributed by atoms with Crippen LogP contribution in [0, 0.1) is 0 Å². The van der Waals surface area contributed by atoms with E-state index in [2.05, 4.69) is 15.9 Å². The van der Waals surface area contributed by atoms with Gasteiger partial charge in [0.1, 0.15) is 5.60 Å². The highest BCUT2D eigenvalue weighted by Gasteiger charge is 2.23. The molecule has 5 heteroatoms. The van der Waals surface area contributed by atoms with Crippen molar-refractivity contribution in [1.29, 1.82) is 0 Å². The molecular weight excluding hydrogens is 324 g/mol. The summed E-state index contributed by atoms with van der Waals surface area (Å²) in [5, 5.41) is 0.591. The highest BCUT2D eigenvalue weighted by molar-refractivity contribution is 9.08. The van der Waals surface area contributed by atoms with Crippen LogP contribution in [-0.4, -0.2) is 24.1 Å². The number of ether oxygens (including phenoxy) is 2. The predicted molar refractivity (Wildman–Crippen MR) is 80.2 cm³/mol. The van der Waals surface area contributed by atoms with Gasteiger partial charge in [0.2, 0.25) is 0 Å². The lowest BCUT2D eigenvalue weighted by Gasteiger charge is -2.20. The molecule has 1 rings (SSSR count). The number of rotatable bonds is 4. The molecule has 0 saturated carbocycles. The molecule has 0 unspecified atom stereocenters. The molecule has 0 fully saturated rings. The monoisotopic (exact) mass is 342 g/mol. The van der Waals surface area contributed by atoms with Crippen LogP contribution in [-0.2, 0) is 14.8 Å². The Balaban J connectivity index is 3.17. The molecule has 0 aliphatic heterocycles. The molecule has 110 valence electrons. The molecule has 0 amide bonds. The van der Waals surface area contributed by atoms with E-state index in [9.17, 15) is 9.59 Å². The van der Waals surface area contributed by atoms with Gasteiger partial charge in [-0.25, -0.2) is 9.59 Å². The van der Waals surface area contributed by atoms with Gasteiger partial charge in [-0.2, -0.15) is 0 Å². The minimum atomic E-state index is -0.614. The summed E-state index contributed by atoms with van der Waals surface area (Å²) in [4.78, 5) is 24.1. The Labute approximate surface area is 127 Å². The van der Waals surface area contributed by atoms with Crippen LogP contribution in [0.1, 0.15) is 54.0 Å². The van der Waals surface area contributed by atoms with Gasteiger partial charge in [0, 0.05) is 5.33 Å². The van der Waals surface area contributed by atoms with Gasteiger partial charge < -0.3 is 9.47 Å². The molecule has 0 heterocycles. The van der Waals surface area contributed by atoms with Crippen LogP contribution < -0.4 is 0 Å². The maximum atomic E-state index is 12.1. The predicted octanol–water partition coefficient (Wildman–Crippen LogP) is 3.71. The maximum absolute atomic E-state index is 12.1. The molecule has 20 heavy (non-hydrogen) atoms. The van der Waals surface area contributed by atoms with Crippen LogP contribution >= 0.6 is 15.9 Å². The normalized spacial score (nSPS) is 11.1. The zero-order valence-electron chi connectivity index (χ0n) is 12.2. The van der Waals surface area contributed by atoms with Crippen molar-refractivity contribution >= 4 is 27.9 Å². The standard InChI is InChI=1S/C15H19BrO4/c1-5-19-13(17)12-8-10(9-16)6-7-11(12)14(18)20-15(2,3)4/h6-8H,5,9H2,1-4H3. The van der Waals surface area contributed by atoms with E-state index in [0.29, 0.717) is 5.33 Å². The molecule has 0 spiro atoms. The van der Waals surface area contributed by atoms with Crippen molar-refractivity contribution in [3.63, 3.8) is 0 Å². The number of carbonyl (C=O) groups excluding carboxylic acids is 2. The fraction of sp³-hybridized carbons (Fsp3) is 0.467. The Hall–Kier alpha value is -1.36. The fourth-order valence-corrected chi connectivity index (χ4v) is 1.91. The van der Waals surface area contributed by atoms with Gasteiger partial charge in [-0.05, 0) is 45.4 Å². The van der Waals surface area contributed by atoms with Crippen molar-refractivity contribution in [2.24, 2.45) is 0 Å². The second kappa shape index (κ2) is 6.88. The summed E-state index contributed by atoms with van der Waals surface area (Å²) in [6, 6.07) is 5.01. The second-order valence-corrected chi connectivity index (χ2v) is 5.80. The van der Waals surface area contributed by atoms with E-state index in [1.807, 2.05) is 0 Å². The lowest BCUT2D eigenvalue weighted by atomic mass is 10.0. The highest BCUT2D eigenvalue weighted by Crippen LogP contribution is 2.19. The quantitative estimate of drug-likeness (QED) is 0.618. The average Bonchev–Trinajstić information content (AvgIpc) is 2.36. The van der Waals surface area contributed by atoms with Crippen molar-refractivity contribution in [2.75, 3.05) is 6.61 Å². The van der Waals surface area contributed by atoms with Gasteiger partial charge in [-0.3, -0.25) is 0 Å². The third-order valence-corrected chi connectivity index (χ3v) is 3.00. The van der Waals surface area contributed by atoms with E-state index in [1.54, 1.807) is 45.9 Å². The van der Waals surface area contributed by atoms with E-state index in [4.69, 9.17) is 9.47 Å². The summed E-state index contributed by atoms with van der Waals surface area (Å²) in [7, 11) is 0. The topological polar surface area (TPSA) is 52.6 Å². The first-order chi connectivity index (χ1) is 9.28. The lowest BCUT2D eigenvalue weighted by molar-refractivity contribution is 0.00644. The minimum absolute atomic E-state index is 0.225. The first kappa shape index (κ1) is 16.7. The Morgan fingerprint density at radius 2 is 1.80 bits per heavy atom. The summed E-state index contributed by atoms with van der Waals surface area (Å²) in [6.07, 6.45) is 0. The minimum Gasteiger partial charge on any atom is -0.462 e. The first-order valence-corrected chi connectivity index (χ1v) is 7.50. The van der Waals surface area contributed by atoms with Crippen molar-refractivity contribution in [3.05, 3.63) is 34.9 Å². The van der Waals surface area contributed by atoms with Crippen molar-refractivity contribution in [3.8, 4) is 0 Å². The Morgan fingerprint density at radius 1 is 1.15 bits per heavy atom. The SMILES string of the molecule is CCOC(=O)c1cc(CBr)ccc1C(=O)OC(C)(C)C. The number of hydrogen-bond donors (Lipinski definition) is 0. The molecule has 4 nitrogen and oxygen atoms in total. The third-order valence-electron chi connectivity index (χ3n) is 2.35. The third kappa shape index (κ3) is 4.63. The second-order valence-electron chi connectivity index (χ2n) is 5.24. The molecule has 0 aliphatic carbocycles. The summed E-state index contributed by atoms with van der Waals surface area (Å²) in [5.74, 6) is -1.04. The summed E-state index contributed by atoms with van der Waals surface area (Å²) in [6.45, 7) is 7.32. The zero-order valence-corrected chi connectivity index (χ0v) is 13.7. The number of alkyl halides is 1. The van der Waals surface area contributed by atoms with E-state index in [1.165, 1.54) is 0 Å². The molecule has 0 atom stereocenters. The van der Waals surface area contributed by atoms with E-state index in [-0.39, 0.29) is 17.7 Å². The van der Waals surface area contributed by atoms with Crippen LogP contribution in [0.15, 0.2) is 18.2 Å². The van der Waals surface area contributed by atoms with E-state index < -0.39 is 17.5 Å². The van der Waals surface area contributed by atoms with Crippen molar-refractivity contribution < 1.29 is 19.1 Å². The number of carbonyl (C=O) groups is 2. The van der Waals surface area contributed by atoms with Crippen molar-refractivity contribution in [2.45, 2.75) is 38.6 Å². The largest absolute Gasteiger partial charge is 0.462 e. The summed E-state index contributed by atoms with van der Waals surface area (Å²) < 4.78 is 10.3. The molecule has 0 aromatic heterocycles. The van der Waals surface area contributed by atoms with Gasteiger partial charge >= 0.3 is 11.9 Å². The lowest BCUT2D eigenvalue weighted by Crippen LogP contribution is -2.25. The van der Waals surface area contributed by atoms with Crippen LogP contribution in [0.3, 0.4) is 0 Å². The molecule has 0 radical (unpaired) electrons. The van der Waals surface area contributed by atoms with Crippen LogP contribution in [0.25, 0.3) is 0 Å². The maximum Gasteiger partial charge on any atom is 0.339 e. The zero-order chi connectivity index (χ0) is 15.3. The number of halogens is 1. The highest BCUT2D eigenvalue weighted by atomic mass is 79.9. The van der Waals surface area contributed by atoms with E-state index >= 15 is 0 Å². The molecule has 0 N–H and O–H groups in total. The van der Waals surface area contributed by atoms with Gasteiger partial charge in [0.25, 0.3) is 0 Å². The van der Waals surface area contributed by atoms with Gasteiger partial charge in [-0.1, -0.05) is 22.0 Å². The molecule has 1 aromatic carbocycles. The average molecular weight is 343 g/mol. The number of esters is 2. The fourth-order valence-electron chi connectivity index (χ4n) is 1.56. The number of hydrogen-bond acceptors (Lipinski definition) is 4. The Morgan fingerprint density at radius 3 is 2.30 bits per heavy atom. The smallest absolute Gasteiger partial charge is 0.339 e. The Kier molecular flexibility index (Phi) is 5.74. The molecule has 0 saturated heterocycles. The summed E-state index contributed by atoms with van der Waals surface area (Å²) >= 11 is 3.32. The molecular formula is C15H19BrO4.